The van der Waals surface area contributed by atoms with E-state index in [1.54, 1.807) is 0 Å². The first-order chi connectivity index (χ1) is 10.8. The maximum absolute atomic E-state index is 11.5. The number of esters is 2. The summed E-state index contributed by atoms with van der Waals surface area (Å²) in [6.07, 6.45) is 8.37. The maximum atomic E-state index is 11.5. The first kappa shape index (κ1) is 20.1. The lowest BCUT2D eigenvalue weighted by Gasteiger charge is -2.14. The predicted molar refractivity (Wildman–Crippen MR) is 86.4 cm³/mol. The van der Waals surface area contributed by atoms with Crippen LogP contribution in [-0.4, -0.2) is 30.2 Å². The quantitative estimate of drug-likeness (QED) is 0.252. The van der Waals surface area contributed by atoms with Gasteiger partial charge in [0.25, 0.3) is 10.1 Å². The van der Waals surface area contributed by atoms with E-state index in [-0.39, 0.29) is 19.3 Å². The molecule has 1 fully saturated rings. The lowest BCUT2D eigenvalue weighted by molar-refractivity contribution is -0.153. The van der Waals surface area contributed by atoms with Crippen molar-refractivity contribution in [3.63, 3.8) is 0 Å². The third-order valence-electron chi connectivity index (χ3n) is 4.35. The SMILES string of the molecule is CCCCCCCCCC(CCC1CC(=O)OC1=O)S(=O)(=O)O. The molecule has 0 spiro atoms. The molecular formula is C16H28O6S. The molecule has 23 heavy (non-hydrogen) atoms. The highest BCUT2D eigenvalue weighted by Gasteiger charge is 2.34. The first-order valence-corrected chi connectivity index (χ1v) is 10.1. The number of cyclic esters (lactones) is 2. The van der Waals surface area contributed by atoms with Gasteiger partial charge < -0.3 is 4.74 Å². The van der Waals surface area contributed by atoms with Crippen molar-refractivity contribution >= 4 is 22.1 Å². The Morgan fingerprint density at radius 3 is 2.22 bits per heavy atom. The number of hydrogen-bond donors (Lipinski definition) is 1. The smallest absolute Gasteiger partial charge is 0.317 e. The van der Waals surface area contributed by atoms with Gasteiger partial charge in [-0.3, -0.25) is 14.1 Å². The lowest BCUT2D eigenvalue weighted by Crippen LogP contribution is -2.22. The van der Waals surface area contributed by atoms with Gasteiger partial charge in [0.15, 0.2) is 0 Å². The van der Waals surface area contributed by atoms with Crippen molar-refractivity contribution in [1.82, 2.24) is 0 Å². The molecule has 1 aliphatic heterocycles. The van der Waals surface area contributed by atoms with E-state index in [1.165, 1.54) is 19.3 Å². The number of carbonyl (C=O) groups excluding carboxylic acids is 2. The summed E-state index contributed by atoms with van der Waals surface area (Å²) in [6.45, 7) is 2.16. The number of rotatable bonds is 12. The molecule has 0 saturated carbocycles. The molecule has 1 aliphatic rings. The van der Waals surface area contributed by atoms with Crippen LogP contribution >= 0.6 is 0 Å². The van der Waals surface area contributed by atoms with Crippen LogP contribution in [0.3, 0.4) is 0 Å². The molecule has 0 bridgehead atoms. The highest BCUT2D eigenvalue weighted by molar-refractivity contribution is 7.86. The molecule has 7 heteroatoms. The summed E-state index contributed by atoms with van der Waals surface area (Å²) in [6, 6.07) is 0. The molecule has 0 radical (unpaired) electrons. The van der Waals surface area contributed by atoms with Crippen LogP contribution in [0.5, 0.6) is 0 Å². The molecule has 1 heterocycles. The van der Waals surface area contributed by atoms with Crippen molar-refractivity contribution in [2.24, 2.45) is 5.92 Å². The lowest BCUT2D eigenvalue weighted by atomic mass is 9.98. The molecular weight excluding hydrogens is 320 g/mol. The second-order valence-electron chi connectivity index (χ2n) is 6.32. The van der Waals surface area contributed by atoms with Gasteiger partial charge in [-0.05, 0) is 19.3 Å². The fourth-order valence-corrected chi connectivity index (χ4v) is 3.80. The van der Waals surface area contributed by atoms with Crippen molar-refractivity contribution in [2.75, 3.05) is 0 Å². The van der Waals surface area contributed by atoms with E-state index in [0.29, 0.717) is 6.42 Å². The van der Waals surface area contributed by atoms with Gasteiger partial charge >= 0.3 is 11.9 Å². The summed E-state index contributed by atoms with van der Waals surface area (Å²) in [5.74, 6) is -1.71. The van der Waals surface area contributed by atoms with Crippen LogP contribution in [0.1, 0.15) is 77.6 Å². The predicted octanol–water partition coefficient (Wildman–Crippen LogP) is 3.25. The Morgan fingerprint density at radius 2 is 1.70 bits per heavy atom. The van der Waals surface area contributed by atoms with Crippen LogP contribution in [0.2, 0.25) is 0 Å². The van der Waals surface area contributed by atoms with E-state index in [0.717, 1.165) is 25.7 Å². The van der Waals surface area contributed by atoms with Gasteiger partial charge in [0.05, 0.1) is 17.6 Å². The Labute approximate surface area is 138 Å². The van der Waals surface area contributed by atoms with E-state index in [4.69, 9.17) is 0 Å². The van der Waals surface area contributed by atoms with E-state index < -0.39 is 33.2 Å². The van der Waals surface area contributed by atoms with E-state index in [9.17, 15) is 22.6 Å². The van der Waals surface area contributed by atoms with Crippen molar-refractivity contribution in [1.29, 1.82) is 0 Å². The van der Waals surface area contributed by atoms with Gasteiger partial charge in [-0.25, -0.2) is 0 Å². The van der Waals surface area contributed by atoms with Crippen LogP contribution in [0.4, 0.5) is 0 Å². The normalized spacial score (nSPS) is 19.8. The third-order valence-corrected chi connectivity index (χ3v) is 5.66. The Bertz CT molecular complexity index is 485. The Balaban J connectivity index is 2.30. The minimum absolute atomic E-state index is 0.00839. The summed E-state index contributed by atoms with van der Waals surface area (Å²) in [4.78, 5) is 22.4. The van der Waals surface area contributed by atoms with Crippen molar-refractivity contribution in [3.8, 4) is 0 Å². The molecule has 1 rings (SSSR count). The fourth-order valence-electron chi connectivity index (χ4n) is 2.90. The minimum atomic E-state index is -4.13. The second kappa shape index (κ2) is 10.0. The molecule has 2 unspecified atom stereocenters. The van der Waals surface area contributed by atoms with E-state index >= 15 is 0 Å². The van der Waals surface area contributed by atoms with Gasteiger partial charge in [-0.2, -0.15) is 8.42 Å². The summed E-state index contributed by atoms with van der Waals surface area (Å²) >= 11 is 0. The monoisotopic (exact) mass is 348 g/mol. The van der Waals surface area contributed by atoms with Gasteiger partial charge in [-0.15, -0.1) is 0 Å². The molecule has 0 aliphatic carbocycles. The number of ether oxygens (including phenoxy) is 1. The molecule has 1 N–H and O–H groups in total. The third kappa shape index (κ3) is 7.92. The minimum Gasteiger partial charge on any atom is -0.393 e. The zero-order valence-electron chi connectivity index (χ0n) is 13.8. The van der Waals surface area contributed by atoms with Crippen LogP contribution in [0.25, 0.3) is 0 Å². The van der Waals surface area contributed by atoms with Crippen molar-refractivity contribution in [3.05, 3.63) is 0 Å². The highest BCUT2D eigenvalue weighted by Crippen LogP contribution is 2.25. The van der Waals surface area contributed by atoms with Crippen LogP contribution < -0.4 is 0 Å². The standard InChI is InChI=1S/C16H28O6S/c1-2-3-4-5-6-7-8-9-14(23(19,20)21)11-10-13-12-15(17)22-16(13)18/h13-14H,2-12H2,1H3,(H,19,20,21). The highest BCUT2D eigenvalue weighted by atomic mass is 32.2. The maximum Gasteiger partial charge on any atom is 0.317 e. The second-order valence-corrected chi connectivity index (χ2v) is 8.02. The average Bonchev–Trinajstić information content (AvgIpc) is 2.77. The van der Waals surface area contributed by atoms with E-state index in [2.05, 4.69) is 11.7 Å². The summed E-state index contributed by atoms with van der Waals surface area (Å²) in [7, 11) is -4.13. The zero-order valence-corrected chi connectivity index (χ0v) is 14.6. The number of hydrogen-bond acceptors (Lipinski definition) is 5. The van der Waals surface area contributed by atoms with Crippen LogP contribution in [0.15, 0.2) is 0 Å². The summed E-state index contributed by atoms with van der Waals surface area (Å²) in [5.41, 5.74) is 0. The molecule has 0 amide bonds. The van der Waals surface area contributed by atoms with Gasteiger partial charge in [0, 0.05) is 0 Å². The van der Waals surface area contributed by atoms with Gasteiger partial charge in [0.1, 0.15) is 0 Å². The number of carbonyl (C=O) groups is 2. The molecule has 1 saturated heterocycles. The average molecular weight is 348 g/mol. The first-order valence-electron chi connectivity index (χ1n) is 8.55. The van der Waals surface area contributed by atoms with Gasteiger partial charge in [0.2, 0.25) is 0 Å². The Kier molecular flexibility index (Phi) is 8.76. The summed E-state index contributed by atoms with van der Waals surface area (Å²) in [5, 5.41) is -0.860. The van der Waals surface area contributed by atoms with Crippen molar-refractivity contribution in [2.45, 2.75) is 82.8 Å². The van der Waals surface area contributed by atoms with Crippen LogP contribution in [0, 0.1) is 5.92 Å². The van der Waals surface area contributed by atoms with Gasteiger partial charge in [-0.1, -0.05) is 51.9 Å². The Hall–Kier alpha value is -0.950. The summed E-state index contributed by atoms with van der Waals surface area (Å²) < 4.78 is 36.7. The molecule has 0 aromatic rings. The molecule has 6 nitrogen and oxygen atoms in total. The van der Waals surface area contributed by atoms with Crippen molar-refractivity contribution < 1.29 is 27.3 Å². The number of unbranched alkanes of at least 4 members (excludes halogenated alkanes) is 6. The molecule has 2 atom stereocenters. The molecule has 134 valence electrons. The van der Waals surface area contributed by atoms with E-state index in [1.807, 2.05) is 0 Å². The topological polar surface area (TPSA) is 97.7 Å². The fraction of sp³-hybridized carbons (Fsp3) is 0.875. The molecule has 0 aromatic heterocycles. The Morgan fingerprint density at radius 1 is 1.09 bits per heavy atom. The zero-order chi connectivity index (χ0) is 17.3. The van der Waals surface area contributed by atoms with Crippen LogP contribution in [-0.2, 0) is 24.4 Å². The molecule has 0 aromatic carbocycles. The largest absolute Gasteiger partial charge is 0.393 e.